The van der Waals surface area contributed by atoms with Gasteiger partial charge in [-0.2, -0.15) is 0 Å². The van der Waals surface area contributed by atoms with Crippen LogP contribution in [-0.2, 0) is 12.8 Å². The van der Waals surface area contributed by atoms with Crippen LogP contribution in [0.25, 0.3) is 0 Å². The summed E-state index contributed by atoms with van der Waals surface area (Å²) < 4.78 is 26.3. The molecule has 0 radical (unpaired) electrons. The second-order valence-corrected chi connectivity index (χ2v) is 5.18. The smallest absolute Gasteiger partial charge is 0.142 e. The summed E-state index contributed by atoms with van der Waals surface area (Å²) >= 11 is 5.67. The fraction of sp³-hybridized carbons (Fsp3) is 0.250. The zero-order valence-electron chi connectivity index (χ0n) is 11.2. The van der Waals surface area contributed by atoms with Crippen molar-refractivity contribution in [3.8, 4) is 0 Å². The monoisotopic (exact) mass is 295 g/mol. The highest BCUT2D eigenvalue weighted by Gasteiger charge is 2.10. The summed E-state index contributed by atoms with van der Waals surface area (Å²) in [5, 5.41) is 3.33. The van der Waals surface area contributed by atoms with Gasteiger partial charge in [0.1, 0.15) is 11.6 Å². The molecule has 4 heteroatoms. The minimum Gasteiger partial charge on any atom is -0.316 e. The molecule has 0 amide bonds. The first-order valence-electron chi connectivity index (χ1n) is 6.44. The Morgan fingerprint density at radius 3 is 2.20 bits per heavy atom. The van der Waals surface area contributed by atoms with Gasteiger partial charge in [-0.05, 0) is 55.3 Å². The first-order chi connectivity index (χ1) is 9.58. The van der Waals surface area contributed by atoms with Crippen molar-refractivity contribution in [3.63, 3.8) is 0 Å². The molecule has 0 aliphatic carbocycles. The third kappa shape index (κ3) is 4.02. The van der Waals surface area contributed by atoms with E-state index in [1.807, 2.05) is 13.1 Å². The van der Waals surface area contributed by atoms with E-state index in [0.717, 1.165) is 17.5 Å². The molecule has 0 saturated heterocycles. The zero-order valence-corrected chi connectivity index (χ0v) is 11.9. The van der Waals surface area contributed by atoms with E-state index in [4.69, 9.17) is 11.6 Å². The van der Waals surface area contributed by atoms with Crippen molar-refractivity contribution in [1.82, 2.24) is 5.32 Å². The van der Waals surface area contributed by atoms with Gasteiger partial charge in [-0.3, -0.25) is 0 Å². The van der Waals surface area contributed by atoms with E-state index < -0.39 is 5.82 Å². The van der Waals surface area contributed by atoms with E-state index in [2.05, 4.69) is 5.32 Å². The summed E-state index contributed by atoms with van der Waals surface area (Å²) in [6.07, 6.45) is 1.43. The highest BCUT2D eigenvalue weighted by Crippen LogP contribution is 2.17. The minimum atomic E-state index is -0.402. The zero-order chi connectivity index (χ0) is 14.5. The lowest BCUT2D eigenvalue weighted by atomic mass is 9.99. The maximum atomic E-state index is 13.4. The van der Waals surface area contributed by atoms with Gasteiger partial charge in [0, 0.05) is 6.04 Å². The third-order valence-corrected chi connectivity index (χ3v) is 3.58. The van der Waals surface area contributed by atoms with E-state index in [1.54, 1.807) is 18.2 Å². The number of rotatable bonds is 5. The summed E-state index contributed by atoms with van der Waals surface area (Å²) in [4.78, 5) is 0. The fourth-order valence-electron chi connectivity index (χ4n) is 2.13. The molecule has 106 valence electrons. The van der Waals surface area contributed by atoms with Crippen molar-refractivity contribution in [3.05, 3.63) is 70.2 Å². The summed E-state index contributed by atoms with van der Waals surface area (Å²) in [7, 11) is 1.86. The Labute approximate surface area is 122 Å². The Bertz CT molecular complexity index is 569. The van der Waals surface area contributed by atoms with E-state index >= 15 is 0 Å². The van der Waals surface area contributed by atoms with Crippen LogP contribution in [0.4, 0.5) is 8.78 Å². The Morgan fingerprint density at radius 1 is 1.00 bits per heavy atom. The van der Waals surface area contributed by atoms with Crippen LogP contribution in [0.2, 0.25) is 5.02 Å². The molecule has 0 heterocycles. The third-order valence-electron chi connectivity index (χ3n) is 3.27. The number of nitrogens with one attached hydrogen (secondary N) is 1. The van der Waals surface area contributed by atoms with Crippen molar-refractivity contribution in [2.24, 2.45) is 0 Å². The van der Waals surface area contributed by atoms with Crippen LogP contribution < -0.4 is 5.32 Å². The summed E-state index contributed by atoms with van der Waals surface area (Å²) in [5.41, 5.74) is 1.92. The van der Waals surface area contributed by atoms with Gasteiger partial charge in [0.2, 0.25) is 0 Å². The standard InChI is InChI=1S/C16H16ClF2N/c1-20-14(8-11-2-5-13(18)6-3-11)9-12-4-7-15(17)16(19)10-12/h2-7,10,14,20H,8-9H2,1H3. The van der Waals surface area contributed by atoms with E-state index in [1.165, 1.54) is 18.2 Å². The van der Waals surface area contributed by atoms with Gasteiger partial charge < -0.3 is 5.32 Å². The molecule has 0 aliphatic heterocycles. The molecule has 1 nitrogen and oxygen atoms in total. The molecule has 20 heavy (non-hydrogen) atoms. The molecule has 2 rings (SSSR count). The van der Waals surface area contributed by atoms with Gasteiger partial charge in [0.05, 0.1) is 5.02 Å². The molecule has 0 aliphatic rings. The van der Waals surface area contributed by atoms with E-state index in [-0.39, 0.29) is 16.9 Å². The number of likely N-dealkylation sites (N-methyl/N-ethyl adjacent to an activating group) is 1. The summed E-state index contributed by atoms with van der Waals surface area (Å²) in [6, 6.07) is 11.4. The van der Waals surface area contributed by atoms with E-state index in [0.29, 0.717) is 6.42 Å². The Hall–Kier alpha value is -1.45. The molecule has 2 aromatic rings. The van der Waals surface area contributed by atoms with Crippen LogP contribution in [0, 0.1) is 11.6 Å². The Morgan fingerprint density at radius 2 is 1.60 bits per heavy atom. The van der Waals surface area contributed by atoms with Crippen molar-refractivity contribution >= 4 is 11.6 Å². The molecule has 1 N–H and O–H groups in total. The van der Waals surface area contributed by atoms with Crippen LogP contribution >= 0.6 is 11.6 Å². The van der Waals surface area contributed by atoms with Gasteiger partial charge in [-0.1, -0.05) is 29.8 Å². The quantitative estimate of drug-likeness (QED) is 0.879. The van der Waals surface area contributed by atoms with Crippen LogP contribution in [-0.4, -0.2) is 13.1 Å². The highest BCUT2D eigenvalue weighted by molar-refractivity contribution is 6.30. The number of halogens is 3. The van der Waals surface area contributed by atoms with Crippen molar-refractivity contribution in [2.75, 3.05) is 7.05 Å². The predicted molar refractivity (Wildman–Crippen MR) is 78.1 cm³/mol. The molecule has 2 aromatic carbocycles. The van der Waals surface area contributed by atoms with Gasteiger partial charge in [0.15, 0.2) is 0 Å². The number of hydrogen-bond acceptors (Lipinski definition) is 1. The molecule has 0 aromatic heterocycles. The normalized spacial score (nSPS) is 12.4. The first-order valence-corrected chi connectivity index (χ1v) is 6.82. The fourth-order valence-corrected chi connectivity index (χ4v) is 2.25. The number of benzene rings is 2. The van der Waals surface area contributed by atoms with Crippen LogP contribution in [0.15, 0.2) is 42.5 Å². The Balaban J connectivity index is 2.04. The Kier molecular flexibility index (Phi) is 5.10. The van der Waals surface area contributed by atoms with Crippen molar-refractivity contribution in [2.45, 2.75) is 18.9 Å². The maximum absolute atomic E-state index is 13.4. The largest absolute Gasteiger partial charge is 0.316 e. The van der Waals surface area contributed by atoms with Crippen LogP contribution in [0.3, 0.4) is 0 Å². The summed E-state index contributed by atoms with van der Waals surface area (Å²) in [5.74, 6) is -0.643. The lowest BCUT2D eigenvalue weighted by Crippen LogP contribution is -2.29. The van der Waals surface area contributed by atoms with Crippen LogP contribution in [0.1, 0.15) is 11.1 Å². The SMILES string of the molecule is CNC(Cc1ccc(F)cc1)Cc1ccc(Cl)c(F)c1. The van der Waals surface area contributed by atoms with Crippen molar-refractivity contribution < 1.29 is 8.78 Å². The molecule has 1 atom stereocenters. The molecule has 1 unspecified atom stereocenters. The van der Waals surface area contributed by atoms with E-state index in [9.17, 15) is 8.78 Å². The van der Waals surface area contributed by atoms with Gasteiger partial charge in [-0.25, -0.2) is 8.78 Å². The molecule has 0 fully saturated rings. The molecule has 0 saturated carbocycles. The second kappa shape index (κ2) is 6.82. The molecular formula is C16H16ClF2N. The molecular weight excluding hydrogens is 280 g/mol. The lowest BCUT2D eigenvalue weighted by molar-refractivity contribution is 0.551. The second-order valence-electron chi connectivity index (χ2n) is 4.77. The highest BCUT2D eigenvalue weighted by atomic mass is 35.5. The maximum Gasteiger partial charge on any atom is 0.142 e. The van der Waals surface area contributed by atoms with Gasteiger partial charge in [-0.15, -0.1) is 0 Å². The average molecular weight is 296 g/mol. The predicted octanol–water partition coefficient (Wildman–Crippen LogP) is 3.99. The minimum absolute atomic E-state index is 0.133. The first kappa shape index (κ1) is 14.9. The average Bonchev–Trinajstić information content (AvgIpc) is 2.44. The van der Waals surface area contributed by atoms with Gasteiger partial charge in [0.25, 0.3) is 0 Å². The van der Waals surface area contributed by atoms with Crippen molar-refractivity contribution in [1.29, 1.82) is 0 Å². The summed E-state index contributed by atoms with van der Waals surface area (Å²) in [6.45, 7) is 0. The topological polar surface area (TPSA) is 12.0 Å². The molecule has 0 spiro atoms. The van der Waals surface area contributed by atoms with Gasteiger partial charge >= 0.3 is 0 Å². The van der Waals surface area contributed by atoms with Crippen LogP contribution in [0.5, 0.6) is 0 Å². The molecule has 0 bridgehead atoms. The number of hydrogen-bond donors (Lipinski definition) is 1. The lowest BCUT2D eigenvalue weighted by Gasteiger charge is -2.16.